The van der Waals surface area contributed by atoms with Gasteiger partial charge in [-0.3, -0.25) is 24.5 Å². The molecule has 0 saturated carbocycles. The number of amides is 1. The first-order valence-electron chi connectivity index (χ1n) is 9.65. The Balaban J connectivity index is 1.48. The molecule has 0 saturated heterocycles. The average Bonchev–Trinajstić information content (AvgIpc) is 3.45. The van der Waals surface area contributed by atoms with Crippen LogP contribution in [0.2, 0.25) is 0 Å². The minimum absolute atomic E-state index is 0.113. The lowest BCUT2D eigenvalue weighted by molar-refractivity contribution is 0.102. The monoisotopic (exact) mass is 418 g/mol. The summed E-state index contributed by atoms with van der Waals surface area (Å²) < 4.78 is 17.6. The molecule has 5 aromatic rings. The number of hydrogen-bond donors (Lipinski definition) is 2. The first-order chi connectivity index (χ1) is 14.9. The number of hydrogen-bond acceptors (Lipinski definition) is 5. The molecule has 2 N–H and O–H groups in total. The van der Waals surface area contributed by atoms with Crippen molar-refractivity contribution < 1.29 is 9.18 Å². The van der Waals surface area contributed by atoms with Gasteiger partial charge in [0.15, 0.2) is 0 Å². The van der Waals surface area contributed by atoms with E-state index in [9.17, 15) is 9.18 Å². The van der Waals surface area contributed by atoms with Crippen molar-refractivity contribution in [2.75, 3.05) is 5.32 Å². The molecule has 10 heteroatoms. The summed E-state index contributed by atoms with van der Waals surface area (Å²) in [5.74, 6) is -0.288. The fourth-order valence-electron chi connectivity index (χ4n) is 3.50. The van der Waals surface area contributed by atoms with E-state index in [-0.39, 0.29) is 12.5 Å². The number of aromatic nitrogens is 7. The third-order valence-electron chi connectivity index (χ3n) is 4.91. The first-order valence-corrected chi connectivity index (χ1v) is 9.65. The van der Waals surface area contributed by atoms with Crippen molar-refractivity contribution in [3.8, 4) is 11.4 Å². The lowest BCUT2D eigenvalue weighted by Gasteiger charge is -2.14. The smallest absolute Gasteiger partial charge is 0.258 e. The Hall–Kier alpha value is -4.08. The summed E-state index contributed by atoms with van der Waals surface area (Å²) in [5, 5.41) is 14.9. The van der Waals surface area contributed by atoms with Gasteiger partial charge >= 0.3 is 0 Å². The zero-order valence-corrected chi connectivity index (χ0v) is 16.9. The van der Waals surface area contributed by atoms with Crippen LogP contribution in [0, 0.1) is 0 Å². The van der Waals surface area contributed by atoms with Gasteiger partial charge in [-0.15, -0.1) is 0 Å². The second-order valence-corrected chi connectivity index (χ2v) is 7.86. The Morgan fingerprint density at radius 3 is 2.90 bits per heavy atom. The minimum atomic E-state index is -1.41. The molecule has 0 unspecified atom stereocenters. The quantitative estimate of drug-likeness (QED) is 0.455. The zero-order chi connectivity index (χ0) is 21.6. The maximum absolute atomic E-state index is 14.2. The van der Waals surface area contributed by atoms with E-state index in [1.807, 2.05) is 4.40 Å². The van der Waals surface area contributed by atoms with Crippen LogP contribution in [0.25, 0.3) is 27.8 Å². The highest BCUT2D eigenvalue weighted by Crippen LogP contribution is 2.28. The number of fused-ring (bicyclic) bond motifs is 2. The molecule has 0 radical (unpaired) electrons. The highest BCUT2D eigenvalue weighted by molar-refractivity contribution is 6.10. The minimum Gasteiger partial charge on any atom is -0.320 e. The van der Waals surface area contributed by atoms with E-state index in [1.165, 1.54) is 20.0 Å². The lowest BCUT2D eigenvalue weighted by atomic mass is 10.1. The number of anilines is 1. The van der Waals surface area contributed by atoms with Crippen LogP contribution in [0.4, 0.5) is 10.1 Å². The van der Waals surface area contributed by atoms with E-state index in [2.05, 4.69) is 30.6 Å². The van der Waals surface area contributed by atoms with E-state index < -0.39 is 5.67 Å². The highest BCUT2D eigenvalue weighted by atomic mass is 19.1. The standard InChI is InChI=1S/C21H19FN8O/c1-21(2,22)12-30-17-7-15(24-8-13(17)9-26-30)19-16(10-25-28-19)27-20(31)14-3-5-29-6-4-23-11-18(14)29/h3-11H,12H2,1-2H3,(H,25,28)(H,27,31). The molecule has 0 aliphatic rings. The third-order valence-corrected chi connectivity index (χ3v) is 4.91. The Bertz CT molecular complexity index is 1410. The van der Waals surface area contributed by atoms with Crippen LogP contribution in [0.3, 0.4) is 0 Å². The molecule has 5 heterocycles. The SMILES string of the molecule is CC(C)(F)Cn1ncc2cnc(-c3[nH]ncc3NC(=O)c3ccn4ccncc34)cc21. The number of carbonyl (C=O) groups excluding carboxylic acids is 1. The van der Waals surface area contributed by atoms with E-state index in [4.69, 9.17) is 0 Å². The second-order valence-electron chi connectivity index (χ2n) is 7.86. The van der Waals surface area contributed by atoms with Crippen molar-refractivity contribution >= 4 is 28.0 Å². The Kier molecular flexibility index (Phi) is 4.28. The van der Waals surface area contributed by atoms with Crippen LogP contribution in [0.15, 0.2) is 55.5 Å². The third kappa shape index (κ3) is 3.52. The maximum atomic E-state index is 14.2. The summed E-state index contributed by atoms with van der Waals surface area (Å²) >= 11 is 0. The van der Waals surface area contributed by atoms with E-state index >= 15 is 0 Å². The number of pyridine rings is 1. The van der Waals surface area contributed by atoms with Gasteiger partial charge in [0, 0.05) is 30.2 Å². The van der Waals surface area contributed by atoms with Gasteiger partial charge in [0.2, 0.25) is 0 Å². The molecule has 0 atom stereocenters. The van der Waals surface area contributed by atoms with E-state index in [0.29, 0.717) is 28.2 Å². The first kappa shape index (κ1) is 18.9. The van der Waals surface area contributed by atoms with Crippen molar-refractivity contribution in [1.29, 1.82) is 0 Å². The van der Waals surface area contributed by atoms with Crippen molar-refractivity contribution in [2.24, 2.45) is 0 Å². The van der Waals surface area contributed by atoms with Gasteiger partial charge < -0.3 is 9.72 Å². The van der Waals surface area contributed by atoms with E-state index in [1.54, 1.807) is 54.0 Å². The average molecular weight is 418 g/mol. The molecule has 0 fully saturated rings. The van der Waals surface area contributed by atoms with Crippen LogP contribution >= 0.6 is 0 Å². The van der Waals surface area contributed by atoms with Crippen LogP contribution < -0.4 is 5.32 Å². The van der Waals surface area contributed by atoms with Gasteiger partial charge in [0.1, 0.15) is 11.4 Å². The molecule has 0 aliphatic heterocycles. The van der Waals surface area contributed by atoms with Crippen LogP contribution in [0.1, 0.15) is 24.2 Å². The summed E-state index contributed by atoms with van der Waals surface area (Å²) in [6.45, 7) is 3.13. The molecule has 1 amide bonds. The summed E-state index contributed by atoms with van der Waals surface area (Å²) in [6.07, 6.45) is 11.7. The summed E-state index contributed by atoms with van der Waals surface area (Å²) in [5.41, 5.74) is 2.11. The molecule has 5 aromatic heterocycles. The molecule has 31 heavy (non-hydrogen) atoms. The number of H-pyrrole nitrogens is 1. The number of halogens is 1. The fourth-order valence-corrected chi connectivity index (χ4v) is 3.50. The normalized spacial score (nSPS) is 12.0. The molecule has 0 aromatic carbocycles. The van der Waals surface area contributed by atoms with Crippen LogP contribution in [0.5, 0.6) is 0 Å². The van der Waals surface area contributed by atoms with Gasteiger partial charge in [0.05, 0.1) is 53.1 Å². The van der Waals surface area contributed by atoms with Gasteiger partial charge in [-0.05, 0) is 26.0 Å². The molecule has 0 spiro atoms. The van der Waals surface area contributed by atoms with Gasteiger partial charge in [-0.25, -0.2) is 4.39 Å². The summed E-state index contributed by atoms with van der Waals surface area (Å²) in [4.78, 5) is 21.4. The molecule has 5 rings (SSSR count). The summed E-state index contributed by atoms with van der Waals surface area (Å²) in [6, 6.07) is 3.53. The number of aromatic amines is 1. The summed E-state index contributed by atoms with van der Waals surface area (Å²) in [7, 11) is 0. The Labute approximate surface area is 175 Å². The number of carbonyl (C=O) groups is 1. The molecule has 156 valence electrons. The van der Waals surface area contributed by atoms with Crippen LogP contribution in [-0.2, 0) is 6.54 Å². The number of nitrogens with one attached hydrogen (secondary N) is 2. The number of rotatable bonds is 5. The lowest BCUT2D eigenvalue weighted by Crippen LogP contribution is -2.21. The van der Waals surface area contributed by atoms with Crippen molar-refractivity contribution in [3.63, 3.8) is 0 Å². The van der Waals surface area contributed by atoms with Crippen molar-refractivity contribution in [2.45, 2.75) is 26.1 Å². The maximum Gasteiger partial charge on any atom is 0.258 e. The fraction of sp³-hybridized carbons (Fsp3) is 0.190. The Morgan fingerprint density at radius 2 is 2.06 bits per heavy atom. The number of nitrogens with zero attached hydrogens (tertiary/aromatic N) is 6. The highest BCUT2D eigenvalue weighted by Gasteiger charge is 2.20. The van der Waals surface area contributed by atoms with Crippen LogP contribution in [-0.4, -0.2) is 45.9 Å². The second kappa shape index (κ2) is 7.01. The van der Waals surface area contributed by atoms with Gasteiger partial charge in [-0.1, -0.05) is 0 Å². The Morgan fingerprint density at radius 1 is 1.19 bits per heavy atom. The molecule has 0 aliphatic carbocycles. The van der Waals surface area contributed by atoms with Gasteiger partial charge in [-0.2, -0.15) is 10.2 Å². The zero-order valence-electron chi connectivity index (χ0n) is 16.9. The predicted molar refractivity (Wildman–Crippen MR) is 113 cm³/mol. The molecular weight excluding hydrogens is 399 g/mol. The molecule has 9 nitrogen and oxygen atoms in total. The largest absolute Gasteiger partial charge is 0.320 e. The number of alkyl halides is 1. The predicted octanol–water partition coefficient (Wildman–Crippen LogP) is 3.47. The molecular formula is C21H19FN8O. The van der Waals surface area contributed by atoms with Crippen molar-refractivity contribution in [3.05, 3.63) is 61.1 Å². The van der Waals surface area contributed by atoms with Gasteiger partial charge in [0.25, 0.3) is 5.91 Å². The topological polar surface area (TPSA) is 106 Å². The molecule has 0 bridgehead atoms. The van der Waals surface area contributed by atoms with Crippen molar-refractivity contribution in [1.82, 2.24) is 34.3 Å². The van der Waals surface area contributed by atoms with E-state index in [0.717, 1.165) is 10.9 Å².